The van der Waals surface area contributed by atoms with Crippen LogP contribution in [0.25, 0.3) is 0 Å². The fourth-order valence-corrected chi connectivity index (χ4v) is 4.94. The number of halogens is 1. The molecular formula is C19H24ClNO2. The molecule has 3 fully saturated rings. The third-order valence-electron chi connectivity index (χ3n) is 6.17. The van der Waals surface area contributed by atoms with Gasteiger partial charge in [-0.1, -0.05) is 30.2 Å². The molecule has 1 aromatic carbocycles. The van der Waals surface area contributed by atoms with Crippen LogP contribution in [0.15, 0.2) is 24.3 Å². The van der Waals surface area contributed by atoms with Crippen LogP contribution in [0.2, 0.25) is 5.02 Å². The highest BCUT2D eigenvalue weighted by atomic mass is 35.5. The third kappa shape index (κ3) is 2.68. The number of hydrogen-bond acceptors (Lipinski definition) is 2. The normalized spacial score (nSPS) is 29.5. The third-order valence-corrected chi connectivity index (χ3v) is 6.42. The Morgan fingerprint density at radius 2 is 1.70 bits per heavy atom. The Morgan fingerprint density at radius 3 is 2.30 bits per heavy atom. The Balaban J connectivity index is 1.63. The van der Waals surface area contributed by atoms with E-state index in [0.717, 1.165) is 48.4 Å². The van der Waals surface area contributed by atoms with Crippen molar-refractivity contribution < 1.29 is 9.53 Å². The van der Waals surface area contributed by atoms with Crippen LogP contribution in [-0.4, -0.2) is 37.1 Å². The van der Waals surface area contributed by atoms with Gasteiger partial charge in [0.2, 0.25) is 5.91 Å². The largest absolute Gasteiger partial charge is 0.381 e. The summed E-state index contributed by atoms with van der Waals surface area (Å²) in [5.41, 5.74) is 0.689. The minimum absolute atomic E-state index is 0.317. The quantitative estimate of drug-likeness (QED) is 0.826. The number of benzene rings is 1. The summed E-state index contributed by atoms with van der Waals surface area (Å²) in [5.74, 6) is 1.79. The van der Waals surface area contributed by atoms with E-state index in [1.165, 1.54) is 19.3 Å². The molecule has 3 nitrogen and oxygen atoms in total. The van der Waals surface area contributed by atoms with Crippen molar-refractivity contribution in [2.45, 2.75) is 37.5 Å². The maximum atomic E-state index is 13.5. The van der Waals surface area contributed by atoms with E-state index in [0.29, 0.717) is 19.1 Å². The van der Waals surface area contributed by atoms with E-state index >= 15 is 0 Å². The van der Waals surface area contributed by atoms with Crippen molar-refractivity contribution in [1.29, 1.82) is 0 Å². The first-order chi connectivity index (χ1) is 11.2. The topological polar surface area (TPSA) is 29.5 Å². The molecule has 2 aliphatic heterocycles. The fraction of sp³-hybridized carbons (Fsp3) is 0.632. The minimum Gasteiger partial charge on any atom is -0.381 e. The van der Waals surface area contributed by atoms with Crippen LogP contribution in [0.5, 0.6) is 0 Å². The van der Waals surface area contributed by atoms with Crippen molar-refractivity contribution in [3.63, 3.8) is 0 Å². The van der Waals surface area contributed by atoms with E-state index < -0.39 is 5.41 Å². The van der Waals surface area contributed by atoms with Gasteiger partial charge in [-0.05, 0) is 55.2 Å². The van der Waals surface area contributed by atoms with Gasteiger partial charge in [0.25, 0.3) is 0 Å². The first kappa shape index (κ1) is 15.5. The van der Waals surface area contributed by atoms with E-state index in [-0.39, 0.29) is 0 Å². The highest BCUT2D eigenvalue weighted by Crippen LogP contribution is 2.42. The summed E-state index contributed by atoms with van der Waals surface area (Å²) < 4.78 is 5.56. The van der Waals surface area contributed by atoms with Crippen molar-refractivity contribution in [2.75, 3.05) is 26.3 Å². The van der Waals surface area contributed by atoms with Crippen molar-refractivity contribution in [3.8, 4) is 0 Å². The molecule has 2 heterocycles. The number of nitrogens with zero attached hydrogens (tertiary/aromatic N) is 1. The average Bonchev–Trinajstić information content (AvgIpc) is 3.17. The lowest BCUT2D eigenvalue weighted by atomic mass is 9.73. The Kier molecular flexibility index (Phi) is 4.10. The summed E-state index contributed by atoms with van der Waals surface area (Å²) in [5, 5.41) is 0.721. The number of amides is 1. The van der Waals surface area contributed by atoms with Crippen molar-refractivity contribution in [2.24, 2.45) is 11.8 Å². The SMILES string of the molecule is O=C(N1C[C@@H]2CCC[C@H]2C1)C1(c2ccc(Cl)cc2)CCOCC1. The summed E-state index contributed by atoms with van der Waals surface area (Å²) in [6, 6.07) is 7.87. The molecule has 0 unspecified atom stereocenters. The second-order valence-electron chi connectivity index (χ2n) is 7.36. The predicted molar refractivity (Wildman–Crippen MR) is 90.6 cm³/mol. The van der Waals surface area contributed by atoms with Gasteiger partial charge >= 0.3 is 0 Å². The second kappa shape index (κ2) is 6.10. The van der Waals surface area contributed by atoms with Crippen LogP contribution < -0.4 is 0 Å². The smallest absolute Gasteiger partial charge is 0.233 e. The van der Waals surface area contributed by atoms with E-state index in [9.17, 15) is 4.79 Å². The van der Waals surface area contributed by atoms with Gasteiger partial charge in [-0.2, -0.15) is 0 Å². The van der Waals surface area contributed by atoms with Crippen molar-refractivity contribution >= 4 is 17.5 Å². The summed E-state index contributed by atoms with van der Waals surface area (Å²) >= 11 is 6.05. The van der Waals surface area contributed by atoms with Gasteiger partial charge in [0, 0.05) is 31.3 Å². The zero-order valence-corrected chi connectivity index (χ0v) is 14.2. The highest BCUT2D eigenvalue weighted by molar-refractivity contribution is 6.30. The number of likely N-dealkylation sites (tertiary alicyclic amines) is 1. The first-order valence-electron chi connectivity index (χ1n) is 8.82. The van der Waals surface area contributed by atoms with Gasteiger partial charge in [-0.3, -0.25) is 4.79 Å². The Morgan fingerprint density at radius 1 is 1.09 bits per heavy atom. The molecule has 2 saturated heterocycles. The lowest BCUT2D eigenvalue weighted by molar-refractivity contribution is -0.140. The molecule has 1 aromatic rings. The molecule has 2 atom stereocenters. The molecule has 4 rings (SSSR count). The molecule has 1 aliphatic carbocycles. The summed E-state index contributed by atoms with van der Waals surface area (Å²) in [4.78, 5) is 15.6. The number of carbonyl (C=O) groups is 1. The predicted octanol–water partition coefficient (Wildman–Crippen LogP) is 3.65. The van der Waals surface area contributed by atoms with E-state index in [1.54, 1.807) is 0 Å². The second-order valence-corrected chi connectivity index (χ2v) is 7.80. The van der Waals surface area contributed by atoms with E-state index in [4.69, 9.17) is 16.3 Å². The molecule has 0 bridgehead atoms. The van der Waals surface area contributed by atoms with Crippen molar-refractivity contribution in [3.05, 3.63) is 34.9 Å². The van der Waals surface area contributed by atoms with Crippen LogP contribution in [-0.2, 0) is 14.9 Å². The van der Waals surface area contributed by atoms with E-state index in [1.807, 2.05) is 24.3 Å². The monoisotopic (exact) mass is 333 g/mol. The van der Waals surface area contributed by atoms with Gasteiger partial charge in [-0.25, -0.2) is 0 Å². The average molecular weight is 334 g/mol. The molecule has 1 amide bonds. The maximum absolute atomic E-state index is 13.5. The minimum atomic E-state index is -0.415. The molecule has 23 heavy (non-hydrogen) atoms. The Hall–Kier alpha value is -1.06. The molecule has 3 aliphatic rings. The standard InChI is InChI=1S/C19H24ClNO2/c20-17-6-4-16(5-7-17)19(8-10-23-11-9-19)18(22)21-12-14-2-1-3-15(14)13-21/h4-7,14-15H,1-3,8-13H2/t14-,15-/m0/s1. The lowest BCUT2D eigenvalue weighted by Crippen LogP contribution is -2.49. The van der Waals surface area contributed by atoms with Gasteiger partial charge in [0.1, 0.15) is 0 Å². The molecule has 124 valence electrons. The summed E-state index contributed by atoms with van der Waals surface area (Å²) in [6.45, 7) is 3.24. The summed E-state index contributed by atoms with van der Waals surface area (Å²) in [6.07, 6.45) is 5.49. The van der Waals surface area contributed by atoms with Crippen LogP contribution in [0.1, 0.15) is 37.7 Å². The number of fused-ring (bicyclic) bond motifs is 1. The van der Waals surface area contributed by atoms with Crippen LogP contribution >= 0.6 is 11.6 Å². The van der Waals surface area contributed by atoms with Crippen molar-refractivity contribution in [1.82, 2.24) is 4.90 Å². The number of carbonyl (C=O) groups excluding carboxylic acids is 1. The van der Waals surface area contributed by atoms with Crippen LogP contribution in [0.4, 0.5) is 0 Å². The van der Waals surface area contributed by atoms with Gasteiger partial charge in [-0.15, -0.1) is 0 Å². The molecule has 0 spiro atoms. The molecule has 0 radical (unpaired) electrons. The number of hydrogen-bond donors (Lipinski definition) is 0. The molecular weight excluding hydrogens is 310 g/mol. The zero-order chi connectivity index (χ0) is 15.9. The first-order valence-corrected chi connectivity index (χ1v) is 9.20. The van der Waals surface area contributed by atoms with Gasteiger partial charge in [0.05, 0.1) is 5.41 Å². The zero-order valence-electron chi connectivity index (χ0n) is 13.5. The van der Waals surface area contributed by atoms with Crippen LogP contribution in [0, 0.1) is 11.8 Å². The maximum Gasteiger partial charge on any atom is 0.233 e. The van der Waals surface area contributed by atoms with Gasteiger partial charge < -0.3 is 9.64 Å². The fourth-order valence-electron chi connectivity index (χ4n) is 4.82. The molecule has 1 saturated carbocycles. The summed E-state index contributed by atoms with van der Waals surface area (Å²) in [7, 11) is 0. The lowest BCUT2D eigenvalue weighted by Gasteiger charge is -2.39. The number of rotatable bonds is 2. The Labute approximate surface area is 142 Å². The Bertz CT molecular complexity index is 568. The molecule has 4 heteroatoms. The molecule has 0 aromatic heterocycles. The van der Waals surface area contributed by atoms with Crippen LogP contribution in [0.3, 0.4) is 0 Å². The van der Waals surface area contributed by atoms with Gasteiger partial charge in [0.15, 0.2) is 0 Å². The molecule has 0 N–H and O–H groups in total. The highest BCUT2D eigenvalue weighted by Gasteiger charge is 2.47. The van der Waals surface area contributed by atoms with E-state index in [2.05, 4.69) is 4.90 Å². The number of ether oxygens (including phenoxy) is 1.